The molecule has 2 heterocycles. The summed E-state index contributed by atoms with van der Waals surface area (Å²) < 4.78 is 34.6. The monoisotopic (exact) mass is 275 g/mol. The molecule has 1 aromatic rings. The van der Waals surface area contributed by atoms with Gasteiger partial charge in [-0.2, -0.15) is 4.98 Å². The van der Waals surface area contributed by atoms with Crippen molar-refractivity contribution in [2.45, 2.75) is 19.3 Å². The Morgan fingerprint density at radius 1 is 1.50 bits per heavy atom. The van der Waals surface area contributed by atoms with Gasteiger partial charge in [0.2, 0.25) is 15.9 Å². The van der Waals surface area contributed by atoms with Crippen molar-refractivity contribution in [2.24, 2.45) is 0 Å². The summed E-state index contributed by atoms with van der Waals surface area (Å²) in [6.07, 6.45) is 0.601. The van der Waals surface area contributed by atoms with Gasteiger partial charge < -0.3 is 9.26 Å². The molecule has 0 atom stereocenters. The van der Waals surface area contributed by atoms with Gasteiger partial charge in [0.05, 0.1) is 18.3 Å². The van der Waals surface area contributed by atoms with Gasteiger partial charge >= 0.3 is 0 Å². The molecule has 1 fully saturated rings. The summed E-state index contributed by atoms with van der Waals surface area (Å²) in [7, 11) is -1.47. The van der Waals surface area contributed by atoms with Crippen molar-refractivity contribution >= 4 is 10.0 Å². The topological polar surface area (TPSA) is 85.5 Å². The van der Waals surface area contributed by atoms with Gasteiger partial charge in [-0.15, -0.1) is 0 Å². The summed E-state index contributed by atoms with van der Waals surface area (Å²) >= 11 is 0. The number of nitrogens with zero attached hydrogens (tertiary/aromatic N) is 3. The van der Waals surface area contributed by atoms with E-state index in [0.29, 0.717) is 37.8 Å². The summed E-state index contributed by atoms with van der Waals surface area (Å²) in [5.41, 5.74) is 0. The zero-order valence-corrected chi connectivity index (χ0v) is 11.3. The van der Waals surface area contributed by atoms with E-state index in [1.165, 1.54) is 4.31 Å². The van der Waals surface area contributed by atoms with Crippen LogP contribution in [0.25, 0.3) is 0 Å². The Bertz CT molecular complexity index is 493. The molecule has 18 heavy (non-hydrogen) atoms. The molecule has 0 bridgehead atoms. The number of hydrogen-bond donors (Lipinski definition) is 0. The first-order valence-corrected chi connectivity index (χ1v) is 7.47. The molecule has 0 N–H and O–H groups in total. The van der Waals surface area contributed by atoms with Crippen LogP contribution >= 0.6 is 0 Å². The fraction of sp³-hybridized carbons (Fsp3) is 0.800. The predicted octanol–water partition coefficient (Wildman–Crippen LogP) is 0.00740. The van der Waals surface area contributed by atoms with E-state index in [1.807, 2.05) is 0 Å². The summed E-state index contributed by atoms with van der Waals surface area (Å²) in [6.45, 7) is 3.04. The second kappa shape index (κ2) is 5.33. The highest BCUT2D eigenvalue weighted by Crippen LogP contribution is 2.28. The van der Waals surface area contributed by atoms with E-state index in [0.717, 1.165) is 0 Å². The fourth-order valence-electron chi connectivity index (χ4n) is 1.73. The summed E-state index contributed by atoms with van der Waals surface area (Å²) in [5.74, 6) is 1.27. The summed E-state index contributed by atoms with van der Waals surface area (Å²) in [6, 6.07) is 0. The van der Waals surface area contributed by atoms with Gasteiger partial charge in [0.1, 0.15) is 0 Å². The number of aromatic nitrogens is 2. The Morgan fingerprint density at radius 3 is 2.83 bits per heavy atom. The van der Waals surface area contributed by atoms with Crippen LogP contribution in [0.2, 0.25) is 0 Å². The molecule has 0 aliphatic carbocycles. The Kier molecular flexibility index (Phi) is 3.98. The van der Waals surface area contributed by atoms with E-state index in [-0.39, 0.29) is 11.7 Å². The van der Waals surface area contributed by atoms with Crippen molar-refractivity contribution in [1.29, 1.82) is 0 Å². The minimum Gasteiger partial charge on any atom is -0.384 e. The third-order valence-electron chi connectivity index (χ3n) is 2.97. The van der Waals surface area contributed by atoms with Crippen LogP contribution in [0.3, 0.4) is 0 Å². The van der Waals surface area contributed by atoms with E-state index in [9.17, 15) is 8.42 Å². The average Bonchev–Trinajstić information content (AvgIpc) is 2.72. The second-order valence-corrected chi connectivity index (χ2v) is 6.46. The molecule has 1 aliphatic rings. The number of rotatable bonds is 6. The van der Waals surface area contributed by atoms with Gasteiger partial charge in [0.15, 0.2) is 5.82 Å². The van der Waals surface area contributed by atoms with E-state index < -0.39 is 10.0 Å². The molecule has 0 unspecified atom stereocenters. The van der Waals surface area contributed by atoms with Crippen LogP contribution in [-0.4, -0.2) is 55.4 Å². The SMILES string of the molecule is CCS(=O)(=O)N1CC(c2nc(CCOC)no2)C1. The molecule has 0 amide bonds. The maximum atomic E-state index is 11.5. The van der Waals surface area contributed by atoms with E-state index in [4.69, 9.17) is 9.26 Å². The predicted molar refractivity (Wildman–Crippen MR) is 63.7 cm³/mol. The molecule has 7 nitrogen and oxygen atoms in total. The molecule has 0 aromatic carbocycles. The fourth-order valence-corrected chi connectivity index (χ4v) is 2.91. The van der Waals surface area contributed by atoms with Crippen molar-refractivity contribution < 1.29 is 17.7 Å². The Morgan fingerprint density at radius 2 is 2.22 bits per heavy atom. The minimum atomic E-state index is -3.09. The molecule has 1 aliphatic heterocycles. The van der Waals surface area contributed by atoms with Crippen LogP contribution in [0, 0.1) is 0 Å². The van der Waals surface area contributed by atoms with E-state index >= 15 is 0 Å². The highest BCUT2D eigenvalue weighted by Gasteiger charge is 2.38. The minimum absolute atomic E-state index is 0.0233. The maximum Gasteiger partial charge on any atom is 0.232 e. The van der Waals surface area contributed by atoms with Crippen molar-refractivity contribution in [2.75, 3.05) is 32.6 Å². The summed E-state index contributed by atoms with van der Waals surface area (Å²) in [5, 5.41) is 3.83. The molecule has 0 saturated carbocycles. The van der Waals surface area contributed by atoms with Crippen LogP contribution in [0.5, 0.6) is 0 Å². The normalized spacial score (nSPS) is 17.9. The van der Waals surface area contributed by atoms with Crippen LogP contribution in [-0.2, 0) is 21.2 Å². The first kappa shape index (κ1) is 13.4. The van der Waals surface area contributed by atoms with Gasteiger partial charge in [-0.3, -0.25) is 0 Å². The first-order chi connectivity index (χ1) is 8.56. The van der Waals surface area contributed by atoms with Crippen LogP contribution in [0.1, 0.15) is 24.6 Å². The smallest absolute Gasteiger partial charge is 0.232 e. The Balaban J connectivity index is 1.90. The lowest BCUT2D eigenvalue weighted by Crippen LogP contribution is -2.49. The van der Waals surface area contributed by atoms with Crippen molar-refractivity contribution in [1.82, 2.24) is 14.4 Å². The number of methoxy groups -OCH3 is 1. The summed E-state index contributed by atoms with van der Waals surface area (Å²) in [4.78, 5) is 4.23. The van der Waals surface area contributed by atoms with Crippen molar-refractivity contribution in [3.63, 3.8) is 0 Å². The quantitative estimate of drug-likeness (QED) is 0.727. The molecular formula is C10H17N3O4S. The van der Waals surface area contributed by atoms with Gasteiger partial charge in [0, 0.05) is 26.6 Å². The third-order valence-corrected chi connectivity index (χ3v) is 4.78. The lowest BCUT2D eigenvalue weighted by molar-refractivity contribution is 0.199. The van der Waals surface area contributed by atoms with Crippen LogP contribution in [0.4, 0.5) is 0 Å². The van der Waals surface area contributed by atoms with E-state index in [1.54, 1.807) is 14.0 Å². The Labute approximate surface area is 106 Å². The number of ether oxygens (including phenoxy) is 1. The number of hydrogen-bond acceptors (Lipinski definition) is 6. The van der Waals surface area contributed by atoms with Crippen LogP contribution < -0.4 is 0 Å². The van der Waals surface area contributed by atoms with Crippen molar-refractivity contribution in [3.05, 3.63) is 11.7 Å². The van der Waals surface area contributed by atoms with E-state index in [2.05, 4.69) is 10.1 Å². The molecular weight excluding hydrogens is 258 g/mol. The first-order valence-electron chi connectivity index (χ1n) is 5.86. The molecule has 8 heteroatoms. The molecule has 2 rings (SSSR count). The standard InChI is InChI=1S/C10H17N3O4S/c1-3-18(14,15)13-6-8(7-13)10-11-9(12-17-10)4-5-16-2/h8H,3-7H2,1-2H3. The van der Waals surface area contributed by atoms with Crippen LogP contribution in [0.15, 0.2) is 4.52 Å². The van der Waals surface area contributed by atoms with Gasteiger partial charge in [-0.25, -0.2) is 12.7 Å². The number of sulfonamides is 1. The van der Waals surface area contributed by atoms with Gasteiger partial charge in [-0.1, -0.05) is 5.16 Å². The zero-order valence-electron chi connectivity index (χ0n) is 10.5. The molecule has 1 aromatic heterocycles. The van der Waals surface area contributed by atoms with Gasteiger partial charge in [0.25, 0.3) is 0 Å². The lowest BCUT2D eigenvalue weighted by atomic mass is 10.0. The van der Waals surface area contributed by atoms with Crippen molar-refractivity contribution in [3.8, 4) is 0 Å². The second-order valence-electron chi connectivity index (χ2n) is 4.21. The zero-order chi connectivity index (χ0) is 13.2. The molecule has 102 valence electrons. The molecule has 0 radical (unpaired) electrons. The van der Waals surface area contributed by atoms with Gasteiger partial charge in [-0.05, 0) is 6.92 Å². The highest BCUT2D eigenvalue weighted by atomic mass is 32.2. The largest absolute Gasteiger partial charge is 0.384 e. The third kappa shape index (κ3) is 2.70. The molecule has 1 saturated heterocycles. The Hall–Kier alpha value is -0.990. The molecule has 0 spiro atoms. The average molecular weight is 275 g/mol. The highest BCUT2D eigenvalue weighted by molar-refractivity contribution is 7.89. The lowest BCUT2D eigenvalue weighted by Gasteiger charge is -2.35. The maximum absolute atomic E-state index is 11.5.